The molecule has 0 aliphatic rings. The van der Waals surface area contributed by atoms with Crippen molar-refractivity contribution in [2.24, 2.45) is 0 Å². The van der Waals surface area contributed by atoms with Gasteiger partial charge in [0, 0.05) is 35.3 Å². The minimum Gasteiger partial charge on any atom is -0.491 e. The molecule has 1 aromatic carbocycles. The molecule has 0 heterocycles. The summed E-state index contributed by atoms with van der Waals surface area (Å²) >= 11 is 1.76. The first-order valence-corrected chi connectivity index (χ1v) is 5.23. The predicted octanol–water partition coefficient (Wildman–Crippen LogP) is 2.29. The first-order chi connectivity index (χ1) is 6.74. The van der Waals surface area contributed by atoms with Crippen LogP contribution in [0.1, 0.15) is 10.4 Å². The molecule has 0 spiro atoms. The van der Waals surface area contributed by atoms with Crippen molar-refractivity contribution < 1.29 is 14.3 Å². The molecule has 0 radical (unpaired) electrons. The smallest absolute Gasteiger partial charge is 0.222 e. The molecule has 0 aromatic heterocycles. The number of ether oxygens (including phenoxy) is 2. The lowest BCUT2D eigenvalue weighted by molar-refractivity contribution is 0.110. The molecule has 1 rings (SSSR count). The van der Waals surface area contributed by atoms with E-state index in [2.05, 4.69) is 0 Å². The Labute approximate surface area is 96.5 Å². The van der Waals surface area contributed by atoms with Gasteiger partial charge < -0.3 is 9.47 Å². The van der Waals surface area contributed by atoms with Crippen LogP contribution in [0.2, 0.25) is 0 Å². The highest BCUT2D eigenvalue weighted by Gasteiger charge is 2.00. The van der Waals surface area contributed by atoms with Crippen LogP contribution in [0.5, 0.6) is 5.75 Å². The molecule has 1 aromatic rings. The van der Waals surface area contributed by atoms with Crippen molar-refractivity contribution in [1.82, 2.24) is 0 Å². The molecule has 0 fully saturated rings. The van der Waals surface area contributed by atoms with Crippen molar-refractivity contribution in [3.63, 3.8) is 0 Å². The van der Waals surface area contributed by atoms with Crippen molar-refractivity contribution in [1.29, 1.82) is 0 Å². The van der Waals surface area contributed by atoms with E-state index in [0.717, 1.165) is 5.75 Å². The number of hydrogen-bond acceptors (Lipinski definition) is 3. The lowest BCUT2D eigenvalue weighted by atomic mass is 10.2. The summed E-state index contributed by atoms with van der Waals surface area (Å²) in [5.41, 5.74) is 0.685. The average molecular weight is 306 g/mol. The minimum atomic E-state index is 0.0334. The molecular formula is C10H11IO3. The fourth-order valence-corrected chi connectivity index (χ4v) is 1.28. The lowest BCUT2D eigenvalue weighted by Gasteiger charge is -2.04. The molecule has 0 saturated heterocycles. The van der Waals surface area contributed by atoms with E-state index in [-0.39, 0.29) is 3.79 Å². The molecule has 0 atom stereocenters. The Bertz CT molecular complexity index is 295. The highest BCUT2D eigenvalue weighted by atomic mass is 127. The van der Waals surface area contributed by atoms with E-state index in [0.29, 0.717) is 18.8 Å². The SMILES string of the molecule is COCCOc1ccc(C(=O)I)cc1. The third kappa shape index (κ3) is 3.63. The first-order valence-electron chi connectivity index (χ1n) is 4.15. The van der Waals surface area contributed by atoms with Crippen LogP contribution in [0.15, 0.2) is 24.3 Å². The van der Waals surface area contributed by atoms with Gasteiger partial charge in [-0.15, -0.1) is 0 Å². The van der Waals surface area contributed by atoms with E-state index in [1.807, 2.05) is 0 Å². The number of methoxy groups -OCH3 is 1. The number of rotatable bonds is 5. The fourth-order valence-electron chi connectivity index (χ4n) is 0.925. The summed E-state index contributed by atoms with van der Waals surface area (Å²) in [7, 11) is 1.63. The molecule has 0 saturated carbocycles. The molecule has 0 bridgehead atoms. The van der Waals surface area contributed by atoms with Crippen LogP contribution in [0.4, 0.5) is 0 Å². The van der Waals surface area contributed by atoms with Crippen LogP contribution in [0.25, 0.3) is 0 Å². The van der Waals surface area contributed by atoms with Crippen LogP contribution in [-0.2, 0) is 4.74 Å². The van der Waals surface area contributed by atoms with Crippen molar-refractivity contribution >= 4 is 26.4 Å². The molecule has 0 unspecified atom stereocenters. The van der Waals surface area contributed by atoms with Gasteiger partial charge in [-0.1, -0.05) is 0 Å². The zero-order valence-electron chi connectivity index (χ0n) is 7.83. The first kappa shape index (κ1) is 11.5. The van der Waals surface area contributed by atoms with Gasteiger partial charge in [0.1, 0.15) is 12.4 Å². The summed E-state index contributed by atoms with van der Waals surface area (Å²) in [6, 6.07) is 7.05. The van der Waals surface area contributed by atoms with E-state index >= 15 is 0 Å². The zero-order valence-corrected chi connectivity index (χ0v) is 9.98. The summed E-state index contributed by atoms with van der Waals surface area (Å²) in [4.78, 5) is 10.9. The van der Waals surface area contributed by atoms with Gasteiger partial charge in [0.2, 0.25) is 3.79 Å². The lowest BCUT2D eigenvalue weighted by Crippen LogP contribution is -2.04. The number of halogens is 1. The third-order valence-electron chi connectivity index (χ3n) is 1.64. The van der Waals surface area contributed by atoms with Crippen LogP contribution >= 0.6 is 22.6 Å². The molecular weight excluding hydrogens is 295 g/mol. The van der Waals surface area contributed by atoms with E-state index in [9.17, 15) is 4.79 Å². The van der Waals surface area contributed by atoms with Crippen molar-refractivity contribution in [3.05, 3.63) is 29.8 Å². The highest BCUT2D eigenvalue weighted by molar-refractivity contribution is 14.1. The Kier molecular flexibility index (Phi) is 4.89. The molecule has 4 heteroatoms. The summed E-state index contributed by atoms with van der Waals surface area (Å²) in [6.45, 7) is 1.08. The predicted molar refractivity (Wildman–Crippen MR) is 62.2 cm³/mol. The second-order valence-electron chi connectivity index (χ2n) is 2.64. The van der Waals surface area contributed by atoms with Gasteiger partial charge >= 0.3 is 0 Å². The summed E-state index contributed by atoms with van der Waals surface area (Å²) in [6.07, 6.45) is 0. The molecule has 0 N–H and O–H groups in total. The Morgan fingerprint density at radius 1 is 1.29 bits per heavy atom. The monoisotopic (exact) mass is 306 g/mol. The normalized spacial score (nSPS) is 9.86. The van der Waals surface area contributed by atoms with Crippen LogP contribution in [-0.4, -0.2) is 24.1 Å². The van der Waals surface area contributed by atoms with Crippen LogP contribution in [0.3, 0.4) is 0 Å². The van der Waals surface area contributed by atoms with Gasteiger partial charge in [-0.05, 0) is 24.3 Å². The molecule has 76 valence electrons. The largest absolute Gasteiger partial charge is 0.491 e. The summed E-state index contributed by atoms with van der Waals surface area (Å²) in [5.74, 6) is 0.753. The fraction of sp³-hybridized carbons (Fsp3) is 0.300. The second-order valence-corrected chi connectivity index (χ2v) is 3.62. The van der Waals surface area contributed by atoms with Crippen molar-refractivity contribution in [2.45, 2.75) is 0 Å². The minimum absolute atomic E-state index is 0.0334. The van der Waals surface area contributed by atoms with E-state index in [4.69, 9.17) is 9.47 Å². The average Bonchev–Trinajstić information content (AvgIpc) is 2.19. The number of carbonyl (C=O) groups is 1. The van der Waals surface area contributed by atoms with Crippen molar-refractivity contribution in [2.75, 3.05) is 20.3 Å². The van der Waals surface area contributed by atoms with Crippen molar-refractivity contribution in [3.8, 4) is 5.75 Å². The Balaban J connectivity index is 2.51. The van der Waals surface area contributed by atoms with E-state index in [1.54, 1.807) is 54.0 Å². The summed E-state index contributed by atoms with van der Waals surface area (Å²) in [5, 5.41) is 0. The molecule has 3 nitrogen and oxygen atoms in total. The molecule has 0 aliphatic carbocycles. The zero-order chi connectivity index (χ0) is 10.4. The summed E-state index contributed by atoms with van der Waals surface area (Å²) < 4.78 is 10.2. The number of benzene rings is 1. The maximum absolute atomic E-state index is 10.9. The van der Waals surface area contributed by atoms with Crippen LogP contribution in [0, 0.1) is 0 Å². The maximum Gasteiger partial charge on any atom is 0.222 e. The Hall–Kier alpha value is -0.620. The van der Waals surface area contributed by atoms with Gasteiger partial charge in [-0.25, -0.2) is 0 Å². The second kappa shape index (κ2) is 5.98. The van der Waals surface area contributed by atoms with Gasteiger partial charge in [0.05, 0.1) is 6.61 Å². The Morgan fingerprint density at radius 2 is 1.93 bits per heavy atom. The molecule has 0 amide bonds. The topological polar surface area (TPSA) is 35.5 Å². The maximum atomic E-state index is 10.9. The quantitative estimate of drug-likeness (QED) is 0.476. The van der Waals surface area contributed by atoms with Gasteiger partial charge in [0.25, 0.3) is 0 Å². The number of carbonyl (C=O) groups excluding carboxylic acids is 1. The van der Waals surface area contributed by atoms with Crippen LogP contribution < -0.4 is 4.74 Å². The van der Waals surface area contributed by atoms with Gasteiger partial charge in [0.15, 0.2) is 0 Å². The van der Waals surface area contributed by atoms with E-state index in [1.165, 1.54) is 0 Å². The van der Waals surface area contributed by atoms with E-state index < -0.39 is 0 Å². The molecule has 14 heavy (non-hydrogen) atoms. The third-order valence-corrected chi connectivity index (χ3v) is 2.26. The highest BCUT2D eigenvalue weighted by Crippen LogP contribution is 2.14. The van der Waals surface area contributed by atoms with Gasteiger partial charge in [-0.3, -0.25) is 4.79 Å². The molecule has 0 aliphatic heterocycles. The number of hydrogen-bond donors (Lipinski definition) is 0. The van der Waals surface area contributed by atoms with Gasteiger partial charge in [-0.2, -0.15) is 0 Å². The Morgan fingerprint density at radius 3 is 2.43 bits per heavy atom. The standard InChI is InChI=1S/C10H11IO3/c1-13-6-7-14-9-4-2-8(3-5-9)10(11)12/h2-5H,6-7H2,1H3.